The van der Waals surface area contributed by atoms with Gasteiger partial charge in [-0.1, -0.05) is 13.8 Å². The van der Waals surface area contributed by atoms with E-state index in [1.807, 2.05) is 18.2 Å². The normalized spacial score (nSPS) is 18.8. The van der Waals surface area contributed by atoms with Gasteiger partial charge in [0.2, 0.25) is 0 Å². The number of nitrogens with one attached hydrogen (secondary N) is 1. The zero-order chi connectivity index (χ0) is 15.1. The van der Waals surface area contributed by atoms with Gasteiger partial charge in [0, 0.05) is 18.7 Å². The van der Waals surface area contributed by atoms with Gasteiger partial charge in [-0.2, -0.15) is 0 Å². The quantitative estimate of drug-likeness (QED) is 0.839. The van der Waals surface area contributed by atoms with Gasteiger partial charge in [0.25, 0.3) is 0 Å². The lowest BCUT2D eigenvalue weighted by Gasteiger charge is -2.25. The molecular formula is C17H27NO3. The summed E-state index contributed by atoms with van der Waals surface area (Å²) in [6.45, 7) is 7.72. The Morgan fingerprint density at radius 2 is 2.24 bits per heavy atom. The summed E-state index contributed by atoms with van der Waals surface area (Å²) in [4.78, 5) is 0. The summed E-state index contributed by atoms with van der Waals surface area (Å²) in [6.07, 6.45) is 2.29. The van der Waals surface area contributed by atoms with Crippen molar-refractivity contribution >= 4 is 0 Å². The Bertz CT molecular complexity index is 428. The Balaban J connectivity index is 2.02. The van der Waals surface area contributed by atoms with Crippen LogP contribution in [0.4, 0.5) is 0 Å². The summed E-state index contributed by atoms with van der Waals surface area (Å²) in [7, 11) is 1.69. The number of hydrogen-bond donors (Lipinski definition) is 1. The highest BCUT2D eigenvalue weighted by Gasteiger charge is 2.17. The molecule has 0 aliphatic carbocycles. The molecule has 1 aliphatic rings. The molecule has 1 aliphatic heterocycles. The Labute approximate surface area is 127 Å². The minimum absolute atomic E-state index is 0.163. The fraction of sp³-hybridized carbons (Fsp3) is 0.647. The van der Waals surface area contributed by atoms with E-state index in [0.29, 0.717) is 12.5 Å². The average molecular weight is 293 g/mol. The predicted molar refractivity (Wildman–Crippen MR) is 84.0 cm³/mol. The number of rotatable bonds is 7. The van der Waals surface area contributed by atoms with Crippen LogP contribution in [0.3, 0.4) is 0 Å². The molecule has 0 saturated carbocycles. The van der Waals surface area contributed by atoms with E-state index in [4.69, 9.17) is 14.2 Å². The molecule has 0 amide bonds. The van der Waals surface area contributed by atoms with Crippen LogP contribution in [0.25, 0.3) is 0 Å². The molecule has 0 spiro atoms. The molecule has 1 aromatic rings. The molecule has 1 N–H and O–H groups in total. The highest BCUT2D eigenvalue weighted by Crippen LogP contribution is 2.26. The van der Waals surface area contributed by atoms with Crippen molar-refractivity contribution < 1.29 is 14.2 Å². The predicted octanol–water partition coefficient (Wildman–Crippen LogP) is 3.00. The third-order valence-corrected chi connectivity index (χ3v) is 3.55. The molecule has 0 aromatic heterocycles. The first-order valence-electron chi connectivity index (χ1n) is 7.81. The first kappa shape index (κ1) is 16.1. The van der Waals surface area contributed by atoms with Crippen molar-refractivity contribution in [2.45, 2.75) is 39.3 Å². The van der Waals surface area contributed by atoms with Crippen LogP contribution in [-0.2, 0) is 11.3 Å². The second-order valence-electron chi connectivity index (χ2n) is 5.96. The highest BCUT2D eigenvalue weighted by molar-refractivity contribution is 5.40. The van der Waals surface area contributed by atoms with Gasteiger partial charge in [0.15, 0.2) is 0 Å². The minimum Gasteiger partial charge on any atom is -0.497 e. The maximum atomic E-state index is 6.12. The summed E-state index contributed by atoms with van der Waals surface area (Å²) in [5, 5.41) is 3.46. The van der Waals surface area contributed by atoms with Gasteiger partial charge in [-0.3, -0.25) is 0 Å². The van der Waals surface area contributed by atoms with E-state index in [9.17, 15) is 0 Å². The molecule has 1 aromatic carbocycles. The van der Waals surface area contributed by atoms with Crippen molar-refractivity contribution in [1.29, 1.82) is 0 Å². The van der Waals surface area contributed by atoms with Crippen LogP contribution >= 0.6 is 0 Å². The van der Waals surface area contributed by atoms with Gasteiger partial charge >= 0.3 is 0 Å². The maximum Gasteiger partial charge on any atom is 0.124 e. The van der Waals surface area contributed by atoms with Crippen LogP contribution in [0, 0.1) is 5.92 Å². The van der Waals surface area contributed by atoms with Crippen molar-refractivity contribution in [3.63, 3.8) is 0 Å². The molecule has 1 atom stereocenters. The second-order valence-corrected chi connectivity index (χ2v) is 5.96. The lowest BCUT2D eigenvalue weighted by atomic mass is 10.1. The molecule has 1 saturated heterocycles. The summed E-state index contributed by atoms with van der Waals surface area (Å²) >= 11 is 0. The first-order chi connectivity index (χ1) is 10.2. The van der Waals surface area contributed by atoms with Crippen LogP contribution < -0.4 is 14.8 Å². The van der Waals surface area contributed by atoms with Gasteiger partial charge in [-0.15, -0.1) is 0 Å². The third-order valence-electron chi connectivity index (χ3n) is 3.55. The molecule has 1 fully saturated rings. The van der Waals surface area contributed by atoms with Crippen LogP contribution in [0.5, 0.6) is 11.5 Å². The average Bonchev–Trinajstić information content (AvgIpc) is 2.49. The number of benzene rings is 1. The highest BCUT2D eigenvalue weighted by atomic mass is 16.5. The lowest BCUT2D eigenvalue weighted by Crippen LogP contribution is -2.28. The molecule has 1 unspecified atom stereocenters. The molecular weight excluding hydrogens is 266 g/mol. The largest absolute Gasteiger partial charge is 0.497 e. The zero-order valence-corrected chi connectivity index (χ0v) is 13.4. The second kappa shape index (κ2) is 8.25. The monoisotopic (exact) mass is 293 g/mol. The Morgan fingerprint density at radius 1 is 1.38 bits per heavy atom. The molecule has 4 heteroatoms. The first-order valence-corrected chi connectivity index (χ1v) is 7.81. The van der Waals surface area contributed by atoms with E-state index in [0.717, 1.165) is 49.6 Å². The molecule has 21 heavy (non-hydrogen) atoms. The Hall–Kier alpha value is -1.26. The van der Waals surface area contributed by atoms with E-state index in [1.54, 1.807) is 7.11 Å². The maximum absolute atomic E-state index is 6.12. The molecule has 0 bridgehead atoms. The van der Waals surface area contributed by atoms with Gasteiger partial charge in [0.05, 0.1) is 13.7 Å². The standard InChI is InChI=1S/C17H27NO3/c1-13(2)10-18-11-14-9-15(19-3)6-7-17(14)21-16-5-4-8-20-12-16/h6-7,9,13,16,18H,4-5,8,10-12H2,1-3H3. The summed E-state index contributed by atoms with van der Waals surface area (Å²) in [6, 6.07) is 6.00. The topological polar surface area (TPSA) is 39.7 Å². The molecule has 2 rings (SSSR count). The zero-order valence-electron chi connectivity index (χ0n) is 13.4. The van der Waals surface area contributed by atoms with Gasteiger partial charge in [-0.05, 0) is 43.5 Å². The van der Waals surface area contributed by atoms with Gasteiger partial charge < -0.3 is 19.5 Å². The summed E-state index contributed by atoms with van der Waals surface area (Å²) in [5.74, 6) is 2.43. The molecule has 118 valence electrons. The smallest absolute Gasteiger partial charge is 0.124 e. The van der Waals surface area contributed by atoms with E-state index in [-0.39, 0.29) is 6.10 Å². The SMILES string of the molecule is COc1ccc(OC2CCCOC2)c(CNCC(C)C)c1. The van der Waals surface area contributed by atoms with Crippen molar-refractivity contribution in [3.8, 4) is 11.5 Å². The van der Waals surface area contributed by atoms with Crippen LogP contribution in [0.15, 0.2) is 18.2 Å². The number of hydrogen-bond acceptors (Lipinski definition) is 4. The molecule has 1 heterocycles. The lowest BCUT2D eigenvalue weighted by molar-refractivity contribution is 0.00698. The van der Waals surface area contributed by atoms with Crippen molar-refractivity contribution in [2.24, 2.45) is 5.92 Å². The van der Waals surface area contributed by atoms with Crippen LogP contribution in [0.1, 0.15) is 32.3 Å². The van der Waals surface area contributed by atoms with E-state index >= 15 is 0 Å². The number of ether oxygens (including phenoxy) is 3. The molecule has 0 radical (unpaired) electrons. The molecule has 4 nitrogen and oxygen atoms in total. The fourth-order valence-corrected chi connectivity index (χ4v) is 2.42. The fourth-order valence-electron chi connectivity index (χ4n) is 2.42. The van der Waals surface area contributed by atoms with Crippen LogP contribution in [0.2, 0.25) is 0 Å². The summed E-state index contributed by atoms with van der Waals surface area (Å²) in [5.41, 5.74) is 1.14. The van der Waals surface area contributed by atoms with Crippen molar-refractivity contribution in [1.82, 2.24) is 5.32 Å². The summed E-state index contributed by atoms with van der Waals surface area (Å²) < 4.78 is 16.9. The van der Waals surface area contributed by atoms with Crippen LogP contribution in [-0.4, -0.2) is 33.0 Å². The minimum atomic E-state index is 0.163. The Kier molecular flexibility index (Phi) is 6.33. The Morgan fingerprint density at radius 3 is 2.90 bits per heavy atom. The van der Waals surface area contributed by atoms with Crippen molar-refractivity contribution in [3.05, 3.63) is 23.8 Å². The van der Waals surface area contributed by atoms with E-state index in [2.05, 4.69) is 19.2 Å². The van der Waals surface area contributed by atoms with E-state index < -0.39 is 0 Å². The van der Waals surface area contributed by atoms with Gasteiger partial charge in [0.1, 0.15) is 17.6 Å². The third kappa shape index (κ3) is 5.21. The van der Waals surface area contributed by atoms with Crippen molar-refractivity contribution in [2.75, 3.05) is 26.9 Å². The number of methoxy groups -OCH3 is 1. The van der Waals surface area contributed by atoms with Gasteiger partial charge in [-0.25, -0.2) is 0 Å². The van der Waals surface area contributed by atoms with E-state index in [1.165, 1.54) is 0 Å².